The van der Waals surface area contributed by atoms with Crippen LogP contribution in [0.25, 0.3) is 0 Å². The van der Waals surface area contributed by atoms with Crippen molar-refractivity contribution in [2.45, 2.75) is 37.4 Å². The molecule has 0 unspecified atom stereocenters. The summed E-state index contributed by atoms with van der Waals surface area (Å²) in [6.07, 6.45) is -0.398. The molecule has 0 radical (unpaired) electrons. The molecule has 0 heterocycles. The molecule has 2 nitrogen and oxygen atoms in total. The van der Waals surface area contributed by atoms with Gasteiger partial charge in [0.15, 0.2) is 0 Å². The molecule has 146 valence electrons. The SMILES string of the molecule is C[C@H](c1ccccc1)N(C)[C@H](C)c1ccccc1[Se]C[C@H](O)c1ccccc1. The molecular formula is C25H29NOSe. The second-order valence-corrected chi connectivity index (χ2v) is 9.43. The molecule has 28 heavy (non-hydrogen) atoms. The second kappa shape index (κ2) is 10.0. The van der Waals surface area contributed by atoms with Gasteiger partial charge in [-0.25, -0.2) is 0 Å². The van der Waals surface area contributed by atoms with E-state index in [0.717, 1.165) is 10.9 Å². The van der Waals surface area contributed by atoms with Gasteiger partial charge in [0, 0.05) is 0 Å². The molecular weight excluding hydrogens is 409 g/mol. The molecule has 3 rings (SSSR count). The second-order valence-electron chi connectivity index (χ2n) is 7.20. The maximum absolute atomic E-state index is 10.6. The fourth-order valence-corrected chi connectivity index (χ4v) is 5.75. The number of aliphatic hydroxyl groups is 1. The van der Waals surface area contributed by atoms with E-state index in [1.54, 1.807) is 0 Å². The van der Waals surface area contributed by atoms with E-state index in [9.17, 15) is 5.11 Å². The van der Waals surface area contributed by atoms with Crippen LogP contribution in [0.2, 0.25) is 5.32 Å². The summed E-state index contributed by atoms with van der Waals surface area (Å²) in [7, 11) is 2.20. The summed E-state index contributed by atoms with van der Waals surface area (Å²) in [5, 5.41) is 11.4. The summed E-state index contributed by atoms with van der Waals surface area (Å²) in [6, 6.07) is 30.0. The molecule has 1 N–H and O–H groups in total. The van der Waals surface area contributed by atoms with E-state index in [-0.39, 0.29) is 15.0 Å². The van der Waals surface area contributed by atoms with Crippen LogP contribution >= 0.6 is 0 Å². The van der Waals surface area contributed by atoms with Crippen molar-refractivity contribution in [2.75, 3.05) is 7.05 Å². The van der Waals surface area contributed by atoms with Crippen molar-refractivity contribution in [3.8, 4) is 0 Å². The van der Waals surface area contributed by atoms with Crippen molar-refractivity contribution in [2.24, 2.45) is 0 Å². The standard InChI is InChI=1S/C25H29NOSe/c1-19(21-12-6-4-7-13-21)26(3)20(2)23-16-10-11-17-25(23)28-18-24(27)22-14-8-5-9-15-22/h4-17,19-20,24,27H,18H2,1-3H3/t19-,20-,24+/m1/s1. The Morgan fingerprint density at radius 1 is 0.750 bits per heavy atom. The Bertz CT molecular complexity index is 853. The zero-order chi connectivity index (χ0) is 19.9. The van der Waals surface area contributed by atoms with Gasteiger partial charge in [-0.3, -0.25) is 0 Å². The van der Waals surface area contributed by atoms with Gasteiger partial charge in [-0.15, -0.1) is 0 Å². The van der Waals surface area contributed by atoms with Crippen molar-refractivity contribution < 1.29 is 5.11 Å². The third-order valence-electron chi connectivity index (χ3n) is 5.45. The molecule has 3 aromatic carbocycles. The number of hydrogen-bond donors (Lipinski definition) is 1. The zero-order valence-corrected chi connectivity index (χ0v) is 18.5. The molecule has 0 saturated heterocycles. The topological polar surface area (TPSA) is 23.5 Å². The van der Waals surface area contributed by atoms with Crippen molar-refractivity contribution >= 4 is 19.4 Å². The molecule has 3 heteroatoms. The fraction of sp³-hybridized carbons (Fsp3) is 0.280. The summed E-state index contributed by atoms with van der Waals surface area (Å²) in [6.45, 7) is 4.54. The van der Waals surface area contributed by atoms with E-state index in [1.807, 2.05) is 30.3 Å². The summed E-state index contributed by atoms with van der Waals surface area (Å²) in [5.74, 6) is 0. The van der Waals surface area contributed by atoms with Gasteiger partial charge in [0.2, 0.25) is 0 Å². The van der Waals surface area contributed by atoms with E-state index in [1.165, 1.54) is 15.6 Å². The Morgan fingerprint density at radius 3 is 1.93 bits per heavy atom. The third-order valence-corrected chi connectivity index (χ3v) is 7.90. The van der Waals surface area contributed by atoms with E-state index >= 15 is 0 Å². The van der Waals surface area contributed by atoms with Gasteiger partial charge in [-0.1, -0.05) is 0 Å². The number of nitrogens with zero attached hydrogens (tertiary/aromatic N) is 1. The van der Waals surface area contributed by atoms with Crippen LogP contribution in [0.4, 0.5) is 0 Å². The predicted octanol–water partition coefficient (Wildman–Crippen LogP) is 4.92. The molecule has 0 spiro atoms. The van der Waals surface area contributed by atoms with Crippen LogP contribution in [-0.4, -0.2) is 32.0 Å². The summed E-state index contributed by atoms with van der Waals surface area (Å²) in [5.41, 5.74) is 3.71. The number of aliphatic hydroxyl groups excluding tert-OH is 1. The maximum atomic E-state index is 10.6. The van der Waals surface area contributed by atoms with Crippen LogP contribution < -0.4 is 4.46 Å². The minimum atomic E-state index is -0.398. The van der Waals surface area contributed by atoms with Crippen molar-refractivity contribution in [1.82, 2.24) is 4.90 Å². The van der Waals surface area contributed by atoms with Crippen LogP contribution in [0.3, 0.4) is 0 Å². The molecule has 3 aromatic rings. The van der Waals surface area contributed by atoms with Gasteiger partial charge in [0.05, 0.1) is 0 Å². The molecule has 0 aliphatic carbocycles. The van der Waals surface area contributed by atoms with Crippen LogP contribution in [0.1, 0.15) is 48.7 Å². The number of benzene rings is 3. The van der Waals surface area contributed by atoms with Crippen LogP contribution in [0, 0.1) is 0 Å². The van der Waals surface area contributed by atoms with Gasteiger partial charge in [-0.05, 0) is 0 Å². The van der Waals surface area contributed by atoms with Gasteiger partial charge < -0.3 is 0 Å². The molecule has 0 bridgehead atoms. The first-order valence-electron chi connectivity index (χ1n) is 9.79. The van der Waals surface area contributed by atoms with Crippen LogP contribution in [0.15, 0.2) is 84.9 Å². The van der Waals surface area contributed by atoms with Crippen LogP contribution in [-0.2, 0) is 0 Å². The first-order chi connectivity index (χ1) is 13.6. The number of hydrogen-bond acceptors (Lipinski definition) is 2. The average molecular weight is 438 g/mol. The number of rotatable bonds is 8. The molecule has 0 aromatic heterocycles. The summed E-state index contributed by atoms with van der Waals surface area (Å²) in [4.78, 5) is 2.43. The third kappa shape index (κ3) is 5.12. The normalized spacial score (nSPS) is 14.6. The van der Waals surface area contributed by atoms with Crippen molar-refractivity contribution in [1.29, 1.82) is 0 Å². The molecule has 0 aliphatic rings. The van der Waals surface area contributed by atoms with Crippen molar-refractivity contribution in [3.63, 3.8) is 0 Å². The van der Waals surface area contributed by atoms with E-state index in [0.29, 0.717) is 12.1 Å². The Kier molecular flexibility index (Phi) is 7.47. The molecule has 0 aliphatic heterocycles. The van der Waals surface area contributed by atoms with E-state index in [4.69, 9.17) is 0 Å². The average Bonchev–Trinajstić information content (AvgIpc) is 2.77. The summed E-state index contributed by atoms with van der Waals surface area (Å²) < 4.78 is 1.38. The molecule has 0 amide bonds. The Labute approximate surface area is 175 Å². The van der Waals surface area contributed by atoms with E-state index < -0.39 is 6.10 Å². The predicted molar refractivity (Wildman–Crippen MR) is 119 cm³/mol. The van der Waals surface area contributed by atoms with Crippen molar-refractivity contribution in [3.05, 3.63) is 102 Å². The minimum absolute atomic E-state index is 0.219. The van der Waals surface area contributed by atoms with Crippen LogP contribution in [0.5, 0.6) is 0 Å². The van der Waals surface area contributed by atoms with Gasteiger partial charge in [0.1, 0.15) is 0 Å². The molecule has 0 saturated carbocycles. The van der Waals surface area contributed by atoms with E-state index in [2.05, 4.69) is 80.4 Å². The Balaban J connectivity index is 1.72. The molecule has 3 atom stereocenters. The summed E-state index contributed by atoms with van der Waals surface area (Å²) >= 11 is 0.219. The van der Waals surface area contributed by atoms with Gasteiger partial charge in [0.25, 0.3) is 0 Å². The Morgan fingerprint density at radius 2 is 1.29 bits per heavy atom. The zero-order valence-electron chi connectivity index (χ0n) is 16.8. The first kappa shape index (κ1) is 20.8. The first-order valence-corrected chi connectivity index (χ1v) is 11.9. The quantitative estimate of drug-likeness (QED) is 0.505. The Hall–Kier alpha value is -1.90. The fourth-order valence-electron chi connectivity index (χ4n) is 3.42. The molecule has 0 fully saturated rings. The van der Waals surface area contributed by atoms with Gasteiger partial charge in [-0.2, -0.15) is 0 Å². The van der Waals surface area contributed by atoms with Gasteiger partial charge >= 0.3 is 175 Å². The monoisotopic (exact) mass is 439 g/mol.